The number of H-pyrrole nitrogens is 1. The number of likely N-dealkylation sites (tertiary alicyclic amines) is 1. The van der Waals surface area contributed by atoms with Gasteiger partial charge in [-0.25, -0.2) is 4.79 Å². The molecule has 4 heterocycles. The number of nitrogens with two attached hydrogens (primary N) is 1. The zero-order valence-electron chi connectivity index (χ0n) is 21.5. The van der Waals surface area contributed by atoms with Crippen molar-refractivity contribution < 1.29 is 9.47 Å². The Morgan fingerprint density at radius 3 is 2.58 bits per heavy atom. The number of nitrogens with one attached hydrogen (secondary N) is 1. The normalized spacial score (nSPS) is 16.6. The van der Waals surface area contributed by atoms with Crippen molar-refractivity contribution in [1.82, 2.24) is 19.4 Å². The molecule has 2 aromatic carbocycles. The molecule has 8 nitrogen and oxygen atoms in total. The first-order valence-corrected chi connectivity index (χ1v) is 13.5. The molecule has 8 heteroatoms. The van der Waals surface area contributed by atoms with E-state index in [9.17, 15) is 4.79 Å². The molecule has 4 aromatic rings. The number of aromatic amines is 1. The van der Waals surface area contributed by atoms with Gasteiger partial charge in [-0.2, -0.15) is 4.98 Å². The van der Waals surface area contributed by atoms with Gasteiger partial charge in [0.15, 0.2) is 5.82 Å². The van der Waals surface area contributed by atoms with Crippen LogP contribution in [-0.4, -0.2) is 52.3 Å². The predicted molar refractivity (Wildman–Crippen MR) is 147 cm³/mol. The smallest absolute Gasteiger partial charge is 0.326 e. The number of nitrogen functional groups attached to an aromatic ring is 1. The largest absolute Gasteiger partial charge is 0.477 e. The summed E-state index contributed by atoms with van der Waals surface area (Å²) in [5, 5.41) is 0. The van der Waals surface area contributed by atoms with Crippen LogP contribution in [0.4, 0.5) is 5.82 Å². The SMILES string of the molecule is Nc1nc(OCC2CCOCC2)cc2c1[nH]c(=O)n2Cc1c#cc(-c2ccc(CN3CCCC3)cc2)cc1. The number of imidazole rings is 1. The van der Waals surface area contributed by atoms with Crippen LogP contribution in [0, 0.1) is 18.1 Å². The summed E-state index contributed by atoms with van der Waals surface area (Å²) in [5.74, 6) is 1.11. The molecular weight excluding hydrogens is 478 g/mol. The van der Waals surface area contributed by atoms with Crippen LogP contribution in [0.15, 0.2) is 47.3 Å². The summed E-state index contributed by atoms with van der Waals surface area (Å²) < 4.78 is 13.0. The average molecular weight is 512 g/mol. The van der Waals surface area contributed by atoms with Gasteiger partial charge in [-0.05, 0) is 68.0 Å². The predicted octanol–water partition coefficient (Wildman–Crippen LogP) is 4.02. The summed E-state index contributed by atoms with van der Waals surface area (Å²) >= 11 is 0. The van der Waals surface area contributed by atoms with Gasteiger partial charge in [0.25, 0.3) is 0 Å². The van der Waals surface area contributed by atoms with Gasteiger partial charge in [0.2, 0.25) is 5.88 Å². The molecular formula is C30H33N5O3. The maximum absolute atomic E-state index is 12.8. The lowest BCUT2D eigenvalue weighted by molar-refractivity contribution is 0.0491. The van der Waals surface area contributed by atoms with Crippen LogP contribution in [0.1, 0.15) is 36.8 Å². The van der Waals surface area contributed by atoms with Crippen molar-refractivity contribution in [2.75, 3.05) is 38.6 Å². The van der Waals surface area contributed by atoms with E-state index in [-0.39, 0.29) is 11.5 Å². The van der Waals surface area contributed by atoms with Gasteiger partial charge in [0.05, 0.1) is 18.7 Å². The maximum atomic E-state index is 12.8. The Morgan fingerprint density at radius 2 is 1.84 bits per heavy atom. The third-order valence-corrected chi connectivity index (χ3v) is 7.59. The fourth-order valence-electron chi connectivity index (χ4n) is 5.33. The van der Waals surface area contributed by atoms with E-state index in [4.69, 9.17) is 15.2 Å². The standard InChI is InChI=1S/C30H33N5O3/c31-29-28-26(17-27(32-29)38-20-23-11-15-37-16-12-23)35(30(36)33-28)19-22-5-9-25(10-6-22)24-7-3-21(4-8-24)18-34-13-1-2-14-34/h3-5,7-9,17,23H,1-2,11-16,18-20H2,(H2,31,32)(H,33,36). The number of nitrogens with zero attached hydrogens (tertiary/aromatic N) is 3. The van der Waals surface area contributed by atoms with E-state index >= 15 is 0 Å². The lowest BCUT2D eigenvalue weighted by atomic mass is 10.0. The highest BCUT2D eigenvalue weighted by atomic mass is 16.5. The number of rotatable bonds is 8. The molecule has 0 bridgehead atoms. The Balaban J connectivity index is 1.16. The molecule has 2 fully saturated rings. The number of benzene rings is 1. The highest BCUT2D eigenvalue weighted by Gasteiger charge is 2.17. The van der Waals surface area contributed by atoms with Crippen molar-refractivity contribution in [2.45, 2.75) is 38.8 Å². The van der Waals surface area contributed by atoms with Gasteiger partial charge in [0, 0.05) is 37.0 Å². The van der Waals surface area contributed by atoms with Crippen LogP contribution in [-0.2, 0) is 17.8 Å². The zero-order chi connectivity index (χ0) is 25.9. The average Bonchev–Trinajstić information content (AvgIpc) is 3.57. The summed E-state index contributed by atoms with van der Waals surface area (Å²) in [4.78, 5) is 22.5. The second-order valence-corrected chi connectivity index (χ2v) is 10.3. The lowest BCUT2D eigenvalue weighted by Gasteiger charge is -2.21. The fraction of sp³-hybridized carbons (Fsp3) is 0.400. The van der Waals surface area contributed by atoms with Gasteiger partial charge < -0.3 is 20.2 Å². The van der Waals surface area contributed by atoms with Crippen molar-refractivity contribution in [3.63, 3.8) is 0 Å². The number of anilines is 1. The molecule has 2 aliphatic rings. The molecule has 0 amide bonds. The number of hydrogen-bond acceptors (Lipinski definition) is 6. The number of aromatic nitrogens is 3. The van der Waals surface area contributed by atoms with E-state index in [2.05, 4.69) is 51.3 Å². The Kier molecular flexibility index (Phi) is 7.04. The van der Waals surface area contributed by atoms with Crippen LogP contribution in [0.5, 0.6) is 5.88 Å². The van der Waals surface area contributed by atoms with E-state index in [0.717, 1.165) is 49.3 Å². The monoisotopic (exact) mass is 511 g/mol. The molecule has 2 saturated heterocycles. The van der Waals surface area contributed by atoms with Gasteiger partial charge in [-0.1, -0.05) is 36.4 Å². The maximum Gasteiger partial charge on any atom is 0.326 e. The molecule has 0 aliphatic carbocycles. The second-order valence-electron chi connectivity index (χ2n) is 10.3. The molecule has 0 radical (unpaired) electrons. The van der Waals surface area contributed by atoms with Crippen LogP contribution >= 0.6 is 0 Å². The van der Waals surface area contributed by atoms with Crippen molar-refractivity contribution in [3.05, 3.63) is 76.2 Å². The molecule has 2 aromatic heterocycles. The summed E-state index contributed by atoms with van der Waals surface area (Å²) in [6, 6.07) is 21.0. The lowest BCUT2D eigenvalue weighted by Crippen LogP contribution is -2.21. The van der Waals surface area contributed by atoms with E-state index in [1.165, 1.54) is 31.5 Å². The van der Waals surface area contributed by atoms with E-state index < -0.39 is 0 Å². The van der Waals surface area contributed by atoms with Crippen LogP contribution in [0.2, 0.25) is 0 Å². The minimum absolute atomic E-state index is 0.249. The Bertz CT molecular complexity index is 1430. The first-order valence-electron chi connectivity index (χ1n) is 13.5. The van der Waals surface area contributed by atoms with E-state index in [1.807, 2.05) is 12.1 Å². The Morgan fingerprint density at radius 1 is 1.05 bits per heavy atom. The number of ether oxygens (including phenoxy) is 2. The van der Waals surface area contributed by atoms with Crippen molar-refractivity contribution in [2.24, 2.45) is 5.92 Å². The molecule has 38 heavy (non-hydrogen) atoms. The van der Waals surface area contributed by atoms with E-state index in [0.29, 0.717) is 36.0 Å². The summed E-state index contributed by atoms with van der Waals surface area (Å²) in [5.41, 5.74) is 11.4. The van der Waals surface area contributed by atoms with Gasteiger partial charge in [-0.15, -0.1) is 0 Å². The topological polar surface area (TPSA) is 98.4 Å². The number of pyridine rings is 1. The minimum atomic E-state index is -0.249. The molecule has 3 N–H and O–H groups in total. The third-order valence-electron chi connectivity index (χ3n) is 7.59. The number of fused-ring (bicyclic) bond motifs is 1. The number of hydrogen-bond donors (Lipinski definition) is 2. The second kappa shape index (κ2) is 10.9. The minimum Gasteiger partial charge on any atom is -0.477 e. The van der Waals surface area contributed by atoms with Crippen LogP contribution in [0.25, 0.3) is 22.2 Å². The van der Waals surface area contributed by atoms with Gasteiger partial charge >= 0.3 is 5.69 Å². The quantitative estimate of drug-likeness (QED) is 0.371. The molecule has 2 aliphatic heterocycles. The third kappa shape index (κ3) is 5.40. The van der Waals surface area contributed by atoms with Gasteiger partial charge in [0.1, 0.15) is 5.52 Å². The zero-order valence-corrected chi connectivity index (χ0v) is 21.5. The first kappa shape index (κ1) is 24.5. The van der Waals surface area contributed by atoms with Crippen molar-refractivity contribution in [3.8, 4) is 17.0 Å². The van der Waals surface area contributed by atoms with Gasteiger partial charge in [-0.3, -0.25) is 9.47 Å². The van der Waals surface area contributed by atoms with Crippen LogP contribution in [0.3, 0.4) is 0 Å². The highest BCUT2D eigenvalue weighted by molar-refractivity contribution is 5.85. The summed E-state index contributed by atoms with van der Waals surface area (Å²) in [7, 11) is 0. The van der Waals surface area contributed by atoms with Crippen molar-refractivity contribution >= 4 is 16.9 Å². The molecule has 6 rings (SSSR count). The fourth-order valence-corrected chi connectivity index (χ4v) is 5.33. The molecule has 0 unspecified atom stereocenters. The van der Waals surface area contributed by atoms with Crippen LogP contribution < -0.4 is 16.2 Å². The highest BCUT2D eigenvalue weighted by Crippen LogP contribution is 2.24. The first-order chi connectivity index (χ1) is 18.6. The molecule has 0 atom stereocenters. The Labute approximate surface area is 222 Å². The summed E-state index contributed by atoms with van der Waals surface area (Å²) in [6.07, 6.45) is 4.54. The van der Waals surface area contributed by atoms with E-state index in [1.54, 1.807) is 10.6 Å². The molecule has 0 spiro atoms. The molecule has 0 saturated carbocycles. The van der Waals surface area contributed by atoms with Crippen molar-refractivity contribution in [1.29, 1.82) is 0 Å². The molecule has 196 valence electrons. The Hall–Kier alpha value is -3.80. The summed E-state index contributed by atoms with van der Waals surface area (Å²) in [6.45, 7) is 5.81.